The Balaban J connectivity index is 1.66. The Morgan fingerprint density at radius 3 is 2.42 bits per heavy atom. The van der Waals surface area contributed by atoms with Gasteiger partial charge in [0, 0.05) is 10.4 Å². The van der Waals surface area contributed by atoms with E-state index in [4.69, 9.17) is 5.11 Å². The second kappa shape index (κ2) is 7.18. The van der Waals surface area contributed by atoms with Crippen molar-refractivity contribution in [3.8, 4) is 0 Å². The SMILES string of the molecule is O=C(O)CC(NC(=O)C1CC1c1ccc(Br)cc1)c1ccccc1. The lowest BCUT2D eigenvalue weighted by molar-refractivity contribution is -0.137. The lowest BCUT2D eigenvalue weighted by Crippen LogP contribution is -2.31. The molecule has 5 heteroatoms. The quantitative estimate of drug-likeness (QED) is 0.789. The van der Waals surface area contributed by atoms with E-state index in [1.165, 1.54) is 0 Å². The molecule has 3 atom stereocenters. The largest absolute Gasteiger partial charge is 0.481 e. The second-order valence-electron chi connectivity index (χ2n) is 6.07. The minimum absolute atomic E-state index is 0.0713. The molecule has 0 heterocycles. The number of hydrogen-bond acceptors (Lipinski definition) is 2. The van der Waals surface area contributed by atoms with E-state index in [1.807, 2.05) is 54.6 Å². The number of benzene rings is 2. The van der Waals surface area contributed by atoms with Crippen molar-refractivity contribution in [1.82, 2.24) is 5.32 Å². The maximum Gasteiger partial charge on any atom is 0.305 e. The zero-order valence-electron chi connectivity index (χ0n) is 13.0. The zero-order valence-corrected chi connectivity index (χ0v) is 14.6. The van der Waals surface area contributed by atoms with Crippen molar-refractivity contribution < 1.29 is 14.7 Å². The van der Waals surface area contributed by atoms with E-state index in [0.717, 1.165) is 22.0 Å². The summed E-state index contributed by atoms with van der Waals surface area (Å²) in [5.41, 5.74) is 1.96. The topological polar surface area (TPSA) is 66.4 Å². The van der Waals surface area contributed by atoms with Crippen LogP contribution in [0, 0.1) is 5.92 Å². The molecule has 2 aromatic carbocycles. The van der Waals surface area contributed by atoms with Gasteiger partial charge in [-0.25, -0.2) is 0 Å². The minimum atomic E-state index is -0.926. The number of nitrogens with one attached hydrogen (secondary N) is 1. The van der Waals surface area contributed by atoms with Crippen LogP contribution in [0.1, 0.15) is 35.9 Å². The molecule has 0 spiro atoms. The van der Waals surface area contributed by atoms with Crippen molar-refractivity contribution in [1.29, 1.82) is 0 Å². The van der Waals surface area contributed by atoms with Gasteiger partial charge in [0.15, 0.2) is 0 Å². The highest BCUT2D eigenvalue weighted by molar-refractivity contribution is 9.10. The molecule has 1 aliphatic carbocycles. The predicted octanol–water partition coefficient (Wildman–Crippen LogP) is 3.88. The first kappa shape index (κ1) is 16.7. The highest BCUT2D eigenvalue weighted by atomic mass is 79.9. The molecule has 0 bridgehead atoms. The third-order valence-electron chi connectivity index (χ3n) is 4.32. The van der Waals surface area contributed by atoms with Crippen molar-refractivity contribution in [2.45, 2.75) is 24.8 Å². The third kappa shape index (κ3) is 4.03. The van der Waals surface area contributed by atoms with Gasteiger partial charge in [-0.15, -0.1) is 0 Å². The van der Waals surface area contributed by atoms with E-state index >= 15 is 0 Å². The first-order valence-electron chi connectivity index (χ1n) is 7.87. The van der Waals surface area contributed by atoms with Crippen molar-refractivity contribution in [3.63, 3.8) is 0 Å². The smallest absolute Gasteiger partial charge is 0.305 e. The molecule has 1 amide bonds. The summed E-state index contributed by atoms with van der Waals surface area (Å²) in [5, 5.41) is 12.0. The van der Waals surface area contributed by atoms with Crippen molar-refractivity contribution in [3.05, 3.63) is 70.2 Å². The number of carboxylic acids is 1. The number of carbonyl (C=O) groups excluding carboxylic acids is 1. The zero-order chi connectivity index (χ0) is 17.1. The molecule has 0 radical (unpaired) electrons. The van der Waals surface area contributed by atoms with E-state index in [9.17, 15) is 9.59 Å². The number of rotatable bonds is 6. The van der Waals surface area contributed by atoms with Crippen LogP contribution in [-0.2, 0) is 9.59 Å². The first-order chi connectivity index (χ1) is 11.5. The van der Waals surface area contributed by atoms with Crippen molar-refractivity contribution in [2.24, 2.45) is 5.92 Å². The molecule has 0 saturated heterocycles. The van der Waals surface area contributed by atoms with Crippen LogP contribution in [0.4, 0.5) is 0 Å². The molecule has 2 aromatic rings. The Morgan fingerprint density at radius 2 is 1.79 bits per heavy atom. The monoisotopic (exact) mass is 387 g/mol. The van der Waals surface area contributed by atoms with Gasteiger partial charge in [0.25, 0.3) is 0 Å². The Kier molecular flexibility index (Phi) is 5.00. The van der Waals surface area contributed by atoms with Crippen LogP contribution in [0.5, 0.6) is 0 Å². The Labute approximate surface area is 149 Å². The maximum atomic E-state index is 12.5. The fraction of sp³-hybridized carbons (Fsp3) is 0.263. The molecule has 1 aliphatic rings. The summed E-state index contributed by atoms with van der Waals surface area (Å²) in [5.74, 6) is -0.854. The number of hydrogen-bond donors (Lipinski definition) is 2. The highest BCUT2D eigenvalue weighted by Crippen LogP contribution is 2.48. The predicted molar refractivity (Wildman–Crippen MR) is 94.6 cm³/mol. The normalized spacial score (nSPS) is 20.2. The van der Waals surface area contributed by atoms with Gasteiger partial charge in [-0.05, 0) is 35.6 Å². The van der Waals surface area contributed by atoms with Gasteiger partial charge in [0.2, 0.25) is 5.91 Å². The molecular formula is C19H18BrNO3. The summed E-state index contributed by atoms with van der Waals surface area (Å²) < 4.78 is 1.01. The van der Waals surface area contributed by atoms with E-state index in [-0.39, 0.29) is 24.2 Å². The molecule has 3 rings (SSSR count). The highest BCUT2D eigenvalue weighted by Gasteiger charge is 2.44. The van der Waals surface area contributed by atoms with E-state index in [2.05, 4.69) is 21.2 Å². The molecular weight excluding hydrogens is 370 g/mol. The Morgan fingerprint density at radius 1 is 1.12 bits per heavy atom. The average Bonchev–Trinajstić information content (AvgIpc) is 3.36. The van der Waals surface area contributed by atoms with Crippen LogP contribution in [0.15, 0.2) is 59.1 Å². The molecule has 0 aromatic heterocycles. The Hall–Kier alpha value is -2.14. The summed E-state index contributed by atoms with van der Waals surface area (Å²) in [6.45, 7) is 0. The van der Waals surface area contributed by atoms with Crippen LogP contribution in [-0.4, -0.2) is 17.0 Å². The number of amides is 1. The molecule has 3 unspecified atom stereocenters. The summed E-state index contributed by atoms with van der Waals surface area (Å²) in [6.07, 6.45) is 0.688. The average molecular weight is 388 g/mol. The Bertz CT molecular complexity index is 730. The van der Waals surface area contributed by atoms with Gasteiger partial charge in [-0.2, -0.15) is 0 Å². The molecule has 0 aliphatic heterocycles. The summed E-state index contributed by atoms with van der Waals surface area (Å²) >= 11 is 3.41. The fourth-order valence-corrected chi connectivity index (χ4v) is 3.22. The van der Waals surface area contributed by atoms with Gasteiger partial charge in [0.05, 0.1) is 12.5 Å². The van der Waals surface area contributed by atoms with Crippen LogP contribution in [0.25, 0.3) is 0 Å². The van der Waals surface area contributed by atoms with Crippen LogP contribution < -0.4 is 5.32 Å². The van der Waals surface area contributed by atoms with Gasteiger partial charge in [-0.1, -0.05) is 58.4 Å². The number of aliphatic carboxylic acids is 1. The van der Waals surface area contributed by atoms with E-state index in [0.29, 0.717) is 0 Å². The van der Waals surface area contributed by atoms with Crippen LogP contribution in [0.3, 0.4) is 0 Å². The lowest BCUT2D eigenvalue weighted by Gasteiger charge is -2.17. The number of halogens is 1. The van der Waals surface area contributed by atoms with Crippen LogP contribution in [0.2, 0.25) is 0 Å². The molecule has 2 N–H and O–H groups in total. The third-order valence-corrected chi connectivity index (χ3v) is 4.85. The van der Waals surface area contributed by atoms with Gasteiger partial charge in [-0.3, -0.25) is 9.59 Å². The van der Waals surface area contributed by atoms with E-state index < -0.39 is 12.0 Å². The van der Waals surface area contributed by atoms with Crippen LogP contribution >= 0.6 is 15.9 Å². The molecule has 1 saturated carbocycles. The second-order valence-corrected chi connectivity index (χ2v) is 6.99. The van der Waals surface area contributed by atoms with E-state index in [1.54, 1.807) is 0 Å². The first-order valence-corrected chi connectivity index (χ1v) is 8.66. The lowest BCUT2D eigenvalue weighted by atomic mass is 10.0. The van der Waals surface area contributed by atoms with Gasteiger partial charge in [0.1, 0.15) is 0 Å². The number of carbonyl (C=O) groups is 2. The van der Waals surface area contributed by atoms with Crippen molar-refractivity contribution >= 4 is 27.8 Å². The summed E-state index contributed by atoms with van der Waals surface area (Å²) in [6, 6.07) is 16.7. The summed E-state index contributed by atoms with van der Waals surface area (Å²) in [7, 11) is 0. The molecule has 1 fully saturated rings. The maximum absolute atomic E-state index is 12.5. The molecule has 24 heavy (non-hydrogen) atoms. The summed E-state index contributed by atoms with van der Waals surface area (Å²) in [4.78, 5) is 23.6. The number of carboxylic acid groups (broad SMARTS) is 1. The van der Waals surface area contributed by atoms with Gasteiger partial charge >= 0.3 is 5.97 Å². The standard InChI is InChI=1S/C19H18BrNO3/c20-14-8-6-12(7-9-14)15-10-16(15)19(24)21-17(11-18(22)23)13-4-2-1-3-5-13/h1-9,15-17H,10-11H2,(H,21,24)(H,22,23). The fourth-order valence-electron chi connectivity index (χ4n) is 2.95. The minimum Gasteiger partial charge on any atom is -0.481 e. The molecule has 4 nitrogen and oxygen atoms in total. The van der Waals surface area contributed by atoms with Crippen molar-refractivity contribution in [2.75, 3.05) is 0 Å². The van der Waals surface area contributed by atoms with Gasteiger partial charge < -0.3 is 10.4 Å². The molecule has 124 valence electrons.